The number of anilines is 1. The highest BCUT2D eigenvalue weighted by Crippen LogP contribution is 2.35. The highest BCUT2D eigenvalue weighted by molar-refractivity contribution is 6.06. The molecular formula is C23H20N4O2. The van der Waals surface area contributed by atoms with Gasteiger partial charge in [-0.3, -0.25) is 9.59 Å². The van der Waals surface area contributed by atoms with Crippen LogP contribution in [0, 0.1) is 5.41 Å². The molecule has 29 heavy (non-hydrogen) atoms. The minimum atomic E-state index is -0.609. The minimum absolute atomic E-state index is 0.109. The van der Waals surface area contributed by atoms with Gasteiger partial charge in [-0.15, -0.1) is 0 Å². The second kappa shape index (κ2) is 6.91. The van der Waals surface area contributed by atoms with Crippen LogP contribution in [0.15, 0.2) is 60.7 Å². The Morgan fingerprint density at radius 1 is 1.17 bits per heavy atom. The molecule has 1 aliphatic heterocycles. The molecule has 3 aromatic rings. The lowest BCUT2D eigenvalue weighted by atomic mass is 9.94. The first kappa shape index (κ1) is 18.4. The molecule has 1 heterocycles. The number of nitrogens with one attached hydrogen (secondary N) is 1. The number of primary amides is 1. The molecule has 2 amide bonds. The number of hydrogen-bond acceptors (Lipinski definition) is 4. The third-order valence-electron chi connectivity index (χ3n) is 5.34. The van der Waals surface area contributed by atoms with Crippen molar-refractivity contribution in [3.05, 3.63) is 77.4 Å². The van der Waals surface area contributed by atoms with Gasteiger partial charge in [0.25, 0.3) is 5.91 Å². The maximum absolute atomic E-state index is 12.8. The standard InChI is InChI=1S/C23H20N4O2/c1-13(22(26)28)11-27-12-20-18(23(27)29)8-7-14-5-6-15(9-19(14)20)17-4-2-3-16(10-24)21(17)25/h2-10,24H,1,11-12,25H2,(H2,26,28). The van der Waals surface area contributed by atoms with Gasteiger partial charge in [0.2, 0.25) is 5.91 Å². The Balaban J connectivity index is 1.80. The average molecular weight is 384 g/mol. The first-order valence-corrected chi connectivity index (χ1v) is 9.12. The van der Waals surface area contributed by atoms with Gasteiger partial charge in [0.05, 0.1) is 6.54 Å². The van der Waals surface area contributed by atoms with E-state index in [2.05, 4.69) is 6.58 Å². The lowest BCUT2D eigenvalue weighted by Gasteiger charge is -2.15. The van der Waals surface area contributed by atoms with Crippen molar-refractivity contribution in [3.8, 4) is 11.1 Å². The average Bonchev–Trinajstić information content (AvgIpc) is 3.03. The van der Waals surface area contributed by atoms with E-state index in [0.717, 1.165) is 27.5 Å². The maximum Gasteiger partial charge on any atom is 0.254 e. The molecule has 6 nitrogen and oxygen atoms in total. The molecule has 3 aromatic carbocycles. The second-order valence-electron chi connectivity index (χ2n) is 7.11. The van der Waals surface area contributed by atoms with Gasteiger partial charge in [-0.1, -0.05) is 43.0 Å². The topological polar surface area (TPSA) is 113 Å². The SMILES string of the molecule is C=C(CN1Cc2c(ccc3ccc(-c4cccc(C=N)c4N)cc23)C1=O)C(N)=O. The predicted octanol–water partition coefficient (Wildman–Crippen LogP) is 3.08. The minimum Gasteiger partial charge on any atom is -0.398 e. The number of nitrogen functional groups attached to an aromatic ring is 1. The zero-order chi connectivity index (χ0) is 20.7. The summed E-state index contributed by atoms with van der Waals surface area (Å²) in [6, 6.07) is 15.3. The number of carbonyl (C=O) groups is 2. The number of hydrogen-bond donors (Lipinski definition) is 3. The van der Waals surface area contributed by atoms with Crippen LogP contribution in [-0.4, -0.2) is 29.5 Å². The second-order valence-corrected chi connectivity index (χ2v) is 7.11. The van der Waals surface area contributed by atoms with Crippen LogP contribution in [0.25, 0.3) is 21.9 Å². The highest BCUT2D eigenvalue weighted by atomic mass is 16.2. The number of carbonyl (C=O) groups excluding carboxylic acids is 2. The Labute approximate surface area is 167 Å². The summed E-state index contributed by atoms with van der Waals surface area (Å²) in [4.78, 5) is 25.7. The van der Waals surface area contributed by atoms with Crippen LogP contribution in [0.5, 0.6) is 0 Å². The summed E-state index contributed by atoms with van der Waals surface area (Å²) < 4.78 is 0. The Morgan fingerprint density at radius 2 is 1.93 bits per heavy atom. The van der Waals surface area contributed by atoms with Crippen LogP contribution < -0.4 is 11.5 Å². The summed E-state index contributed by atoms with van der Waals surface area (Å²) >= 11 is 0. The fourth-order valence-corrected chi connectivity index (χ4v) is 3.75. The molecule has 0 aliphatic carbocycles. The van der Waals surface area contributed by atoms with Crippen molar-refractivity contribution >= 4 is 34.5 Å². The van der Waals surface area contributed by atoms with E-state index in [9.17, 15) is 9.59 Å². The molecule has 0 fully saturated rings. The van der Waals surface area contributed by atoms with E-state index in [1.165, 1.54) is 6.21 Å². The molecule has 4 rings (SSSR count). The van der Waals surface area contributed by atoms with Crippen LogP contribution in [0.4, 0.5) is 5.69 Å². The van der Waals surface area contributed by atoms with E-state index in [1.54, 1.807) is 11.0 Å². The Morgan fingerprint density at radius 3 is 2.66 bits per heavy atom. The molecule has 1 aliphatic rings. The number of amides is 2. The molecule has 5 N–H and O–H groups in total. The zero-order valence-corrected chi connectivity index (χ0v) is 15.7. The Hall–Kier alpha value is -3.93. The van der Waals surface area contributed by atoms with Crippen LogP contribution in [0.3, 0.4) is 0 Å². The van der Waals surface area contributed by atoms with Gasteiger partial charge >= 0.3 is 0 Å². The number of fused-ring (bicyclic) bond motifs is 3. The molecule has 0 saturated carbocycles. The molecule has 0 radical (unpaired) electrons. The van der Waals surface area contributed by atoms with Crippen molar-refractivity contribution < 1.29 is 9.59 Å². The molecule has 6 heteroatoms. The van der Waals surface area contributed by atoms with Crippen LogP contribution in [0.2, 0.25) is 0 Å². The van der Waals surface area contributed by atoms with Crippen molar-refractivity contribution in [1.29, 1.82) is 5.41 Å². The molecule has 0 atom stereocenters. The van der Waals surface area contributed by atoms with E-state index < -0.39 is 5.91 Å². The first-order chi connectivity index (χ1) is 13.9. The first-order valence-electron chi connectivity index (χ1n) is 9.12. The van der Waals surface area contributed by atoms with E-state index in [1.807, 2.05) is 42.5 Å². The van der Waals surface area contributed by atoms with Gasteiger partial charge in [-0.25, -0.2) is 0 Å². The molecule has 0 spiro atoms. The molecule has 0 unspecified atom stereocenters. The third-order valence-corrected chi connectivity index (χ3v) is 5.34. The number of nitrogens with two attached hydrogens (primary N) is 2. The van der Waals surface area contributed by atoms with Crippen molar-refractivity contribution in [2.45, 2.75) is 6.54 Å². The van der Waals surface area contributed by atoms with Gasteiger partial charge in [-0.05, 0) is 34.0 Å². The lowest BCUT2D eigenvalue weighted by molar-refractivity contribution is -0.114. The summed E-state index contributed by atoms with van der Waals surface area (Å²) in [6.45, 7) is 4.15. The number of rotatable bonds is 5. The third kappa shape index (κ3) is 3.04. The van der Waals surface area contributed by atoms with Crippen molar-refractivity contribution in [2.24, 2.45) is 5.73 Å². The maximum atomic E-state index is 12.8. The van der Waals surface area contributed by atoms with Crippen molar-refractivity contribution in [2.75, 3.05) is 12.3 Å². The molecule has 0 aromatic heterocycles. The molecule has 0 bridgehead atoms. The zero-order valence-electron chi connectivity index (χ0n) is 15.7. The summed E-state index contributed by atoms with van der Waals surface area (Å²) in [7, 11) is 0. The van der Waals surface area contributed by atoms with E-state index >= 15 is 0 Å². The van der Waals surface area contributed by atoms with Crippen molar-refractivity contribution in [3.63, 3.8) is 0 Å². The highest BCUT2D eigenvalue weighted by Gasteiger charge is 2.29. The van der Waals surface area contributed by atoms with Gasteiger partial charge in [-0.2, -0.15) is 0 Å². The smallest absolute Gasteiger partial charge is 0.254 e. The van der Waals surface area contributed by atoms with E-state index in [0.29, 0.717) is 23.4 Å². The summed E-state index contributed by atoms with van der Waals surface area (Å²) in [5.74, 6) is -0.748. The van der Waals surface area contributed by atoms with Gasteiger partial charge < -0.3 is 21.8 Å². The van der Waals surface area contributed by atoms with Gasteiger partial charge in [0.15, 0.2) is 0 Å². The Kier molecular flexibility index (Phi) is 4.39. The van der Waals surface area contributed by atoms with Crippen LogP contribution >= 0.6 is 0 Å². The largest absolute Gasteiger partial charge is 0.398 e. The fraction of sp³-hybridized carbons (Fsp3) is 0.0870. The van der Waals surface area contributed by atoms with Gasteiger partial charge in [0.1, 0.15) is 0 Å². The Bertz CT molecular complexity index is 1210. The molecular weight excluding hydrogens is 364 g/mol. The van der Waals surface area contributed by atoms with Gasteiger partial charge in [0, 0.05) is 40.7 Å². The summed E-state index contributed by atoms with van der Waals surface area (Å²) in [6.07, 6.45) is 1.24. The monoisotopic (exact) mass is 384 g/mol. The number of para-hydroxylation sites is 1. The normalized spacial score (nSPS) is 12.8. The lowest BCUT2D eigenvalue weighted by Crippen LogP contribution is -2.30. The summed E-state index contributed by atoms with van der Waals surface area (Å²) in [5, 5.41) is 9.49. The van der Waals surface area contributed by atoms with Crippen molar-refractivity contribution in [1.82, 2.24) is 4.90 Å². The molecule has 144 valence electrons. The number of benzene rings is 3. The van der Waals surface area contributed by atoms with Crippen LogP contribution in [0.1, 0.15) is 21.5 Å². The predicted molar refractivity (Wildman–Crippen MR) is 115 cm³/mol. The molecule has 0 saturated heterocycles. The van der Waals surface area contributed by atoms with E-state index in [4.69, 9.17) is 16.9 Å². The van der Waals surface area contributed by atoms with Crippen LogP contribution in [-0.2, 0) is 11.3 Å². The quantitative estimate of drug-likeness (QED) is 0.357. The number of nitrogens with zero attached hydrogens (tertiary/aromatic N) is 1. The van der Waals surface area contributed by atoms with E-state index in [-0.39, 0.29) is 18.0 Å². The summed E-state index contributed by atoms with van der Waals surface area (Å²) in [5.41, 5.74) is 16.2. The fourth-order valence-electron chi connectivity index (χ4n) is 3.75.